The summed E-state index contributed by atoms with van der Waals surface area (Å²) in [4.78, 5) is 4.25. The molecular formula is C15H13F6N5O3S. The van der Waals surface area contributed by atoms with Gasteiger partial charge in [-0.05, 0) is 18.2 Å². The van der Waals surface area contributed by atoms with Crippen LogP contribution in [0.1, 0.15) is 22.8 Å². The number of nitrogens with zero attached hydrogens (tertiary/aromatic N) is 4. The highest BCUT2D eigenvalue weighted by molar-refractivity contribution is 7.88. The number of alkyl halides is 6. The van der Waals surface area contributed by atoms with Crippen molar-refractivity contribution in [3.8, 4) is 6.07 Å². The van der Waals surface area contributed by atoms with Gasteiger partial charge in [0.2, 0.25) is 15.9 Å². The van der Waals surface area contributed by atoms with Gasteiger partial charge in [0.25, 0.3) is 0 Å². The molecule has 0 aliphatic rings. The number of rotatable bonds is 7. The largest absolute Gasteiger partial charge is 0.417 e. The fourth-order valence-corrected chi connectivity index (χ4v) is 2.69. The number of halogens is 6. The smallest absolute Gasteiger partial charge is 0.355 e. The number of sulfonamides is 1. The molecule has 0 bridgehead atoms. The summed E-state index contributed by atoms with van der Waals surface area (Å²) in [6.07, 6.45) is -8.88. The maximum atomic E-state index is 13.1. The highest BCUT2D eigenvalue weighted by Gasteiger charge is 2.36. The number of aromatic nitrogens is 2. The van der Waals surface area contributed by atoms with E-state index in [9.17, 15) is 34.8 Å². The van der Waals surface area contributed by atoms with Crippen LogP contribution in [0, 0.1) is 11.3 Å². The molecule has 0 unspecified atom stereocenters. The van der Waals surface area contributed by atoms with Gasteiger partial charge in [-0.1, -0.05) is 5.16 Å². The van der Waals surface area contributed by atoms with Gasteiger partial charge in [0, 0.05) is 5.69 Å². The van der Waals surface area contributed by atoms with Gasteiger partial charge in [0.05, 0.1) is 36.5 Å². The van der Waals surface area contributed by atoms with Crippen LogP contribution < -0.4 is 9.62 Å². The molecule has 8 nitrogen and oxygen atoms in total. The maximum Gasteiger partial charge on any atom is 0.417 e. The molecule has 30 heavy (non-hydrogen) atoms. The Balaban J connectivity index is 2.34. The number of nitriles is 1. The number of hydrogen-bond donors (Lipinski definition) is 1. The summed E-state index contributed by atoms with van der Waals surface area (Å²) in [6.45, 7) is -2.74. The Labute approximate surface area is 166 Å². The van der Waals surface area contributed by atoms with Crippen LogP contribution in [0.3, 0.4) is 0 Å². The van der Waals surface area contributed by atoms with E-state index in [4.69, 9.17) is 9.78 Å². The molecule has 0 spiro atoms. The molecule has 15 heteroatoms. The normalized spacial score (nSPS) is 12.6. The van der Waals surface area contributed by atoms with Crippen LogP contribution in [0.4, 0.5) is 32.0 Å². The molecule has 0 aliphatic heterocycles. The third kappa shape index (κ3) is 6.88. The van der Waals surface area contributed by atoms with Gasteiger partial charge in [-0.25, -0.2) is 13.1 Å². The molecule has 0 saturated carbocycles. The zero-order chi connectivity index (χ0) is 22.7. The van der Waals surface area contributed by atoms with Crippen molar-refractivity contribution in [1.29, 1.82) is 5.26 Å². The molecule has 1 aromatic heterocycles. The molecular weight excluding hydrogens is 444 g/mol. The van der Waals surface area contributed by atoms with E-state index in [0.717, 1.165) is 18.4 Å². The minimum absolute atomic E-state index is 0.252. The Bertz CT molecular complexity index is 1040. The van der Waals surface area contributed by atoms with Gasteiger partial charge in [-0.2, -0.15) is 36.6 Å². The van der Waals surface area contributed by atoms with Gasteiger partial charge in [0.1, 0.15) is 6.54 Å². The van der Waals surface area contributed by atoms with Crippen molar-refractivity contribution in [2.75, 3.05) is 17.7 Å². The Kier molecular flexibility index (Phi) is 6.62. The topological polar surface area (TPSA) is 112 Å². The van der Waals surface area contributed by atoms with Crippen molar-refractivity contribution in [3.63, 3.8) is 0 Å². The van der Waals surface area contributed by atoms with E-state index in [1.54, 1.807) is 0 Å². The van der Waals surface area contributed by atoms with Gasteiger partial charge < -0.3 is 9.42 Å². The lowest BCUT2D eigenvalue weighted by Gasteiger charge is -2.25. The zero-order valence-corrected chi connectivity index (χ0v) is 15.9. The number of anilines is 1. The first-order valence-electron chi connectivity index (χ1n) is 7.87. The van der Waals surface area contributed by atoms with Crippen LogP contribution in [0.2, 0.25) is 0 Å². The molecule has 1 heterocycles. The molecule has 1 N–H and O–H groups in total. The lowest BCUT2D eigenvalue weighted by molar-refractivity contribution is -0.137. The predicted octanol–water partition coefficient (Wildman–Crippen LogP) is 2.58. The highest BCUT2D eigenvalue weighted by Crippen LogP contribution is 2.35. The summed E-state index contributed by atoms with van der Waals surface area (Å²) in [6, 6.07) is 3.47. The fraction of sp³-hybridized carbons (Fsp3) is 0.400. The van der Waals surface area contributed by atoms with Gasteiger partial charge >= 0.3 is 12.4 Å². The average Bonchev–Trinajstić information content (AvgIpc) is 3.04. The summed E-state index contributed by atoms with van der Waals surface area (Å²) < 4.78 is 107. The first-order valence-corrected chi connectivity index (χ1v) is 9.76. The molecule has 2 rings (SSSR count). The SMILES string of the molecule is CS(=O)(=O)NCc1nc(CN(CC(F)(F)F)c2ccc(C#N)c(C(F)(F)F)c2)no1. The molecule has 0 saturated heterocycles. The second kappa shape index (κ2) is 8.48. The second-order valence-corrected chi connectivity index (χ2v) is 7.84. The summed E-state index contributed by atoms with van der Waals surface area (Å²) in [7, 11) is -3.60. The van der Waals surface area contributed by atoms with Gasteiger partial charge in [0.15, 0.2) is 5.82 Å². The van der Waals surface area contributed by atoms with Crippen LogP contribution in [-0.4, -0.2) is 37.5 Å². The number of nitrogens with one attached hydrogen (secondary N) is 1. The molecule has 2 aromatic rings. The third-order valence-electron chi connectivity index (χ3n) is 3.49. The number of hydrogen-bond acceptors (Lipinski definition) is 7. The van der Waals surface area contributed by atoms with E-state index < -0.39 is 58.8 Å². The van der Waals surface area contributed by atoms with E-state index >= 15 is 0 Å². The van der Waals surface area contributed by atoms with Crippen LogP contribution >= 0.6 is 0 Å². The molecule has 164 valence electrons. The first kappa shape index (κ1) is 23.4. The molecule has 0 atom stereocenters. The first-order chi connectivity index (χ1) is 13.7. The highest BCUT2D eigenvalue weighted by atomic mass is 32.2. The molecule has 1 aromatic carbocycles. The minimum atomic E-state index is -4.96. The maximum absolute atomic E-state index is 13.1. The third-order valence-corrected chi connectivity index (χ3v) is 4.16. The zero-order valence-electron chi connectivity index (χ0n) is 15.0. The summed E-state index contributed by atoms with van der Waals surface area (Å²) in [5.74, 6) is -0.569. The van der Waals surface area contributed by atoms with E-state index in [-0.39, 0.29) is 11.7 Å². The Hall–Kier alpha value is -2.86. The van der Waals surface area contributed by atoms with E-state index in [1.165, 1.54) is 6.07 Å². The Morgan fingerprint density at radius 1 is 1.23 bits per heavy atom. The van der Waals surface area contributed by atoms with E-state index in [1.807, 2.05) is 4.72 Å². The minimum Gasteiger partial charge on any atom is -0.355 e. The summed E-state index contributed by atoms with van der Waals surface area (Å²) in [5.41, 5.74) is -2.60. The predicted molar refractivity (Wildman–Crippen MR) is 89.2 cm³/mol. The van der Waals surface area contributed by atoms with Gasteiger partial charge in [-0.3, -0.25) is 0 Å². The average molecular weight is 457 g/mol. The monoisotopic (exact) mass is 457 g/mol. The fourth-order valence-electron chi connectivity index (χ4n) is 2.31. The van der Waals surface area contributed by atoms with E-state index in [0.29, 0.717) is 11.0 Å². The quantitative estimate of drug-likeness (QED) is 0.636. The van der Waals surface area contributed by atoms with Crippen molar-refractivity contribution in [2.45, 2.75) is 25.4 Å². The lowest BCUT2D eigenvalue weighted by atomic mass is 10.1. The summed E-state index contributed by atoms with van der Waals surface area (Å²) in [5, 5.41) is 12.2. The molecule has 0 radical (unpaired) electrons. The Morgan fingerprint density at radius 2 is 1.90 bits per heavy atom. The second-order valence-electron chi connectivity index (χ2n) is 6.01. The van der Waals surface area contributed by atoms with Crippen LogP contribution in [0.5, 0.6) is 0 Å². The van der Waals surface area contributed by atoms with Crippen LogP contribution in [0.15, 0.2) is 22.7 Å². The standard InChI is InChI=1S/C15H13F6N5O3S/c1-30(27,28)23-6-13-24-12(25-29-13)7-26(8-14(16,17)18)10-3-2-9(5-22)11(4-10)15(19,20)21/h2-4,23H,6-8H2,1H3. The van der Waals surface area contributed by atoms with Crippen molar-refractivity contribution in [2.24, 2.45) is 0 Å². The van der Waals surface area contributed by atoms with Gasteiger partial charge in [-0.15, -0.1) is 0 Å². The molecule has 0 amide bonds. The van der Waals surface area contributed by atoms with Crippen molar-refractivity contribution >= 4 is 15.7 Å². The van der Waals surface area contributed by atoms with E-state index in [2.05, 4.69) is 10.1 Å². The van der Waals surface area contributed by atoms with Crippen molar-refractivity contribution < 1.29 is 39.3 Å². The van der Waals surface area contributed by atoms with Crippen molar-refractivity contribution in [3.05, 3.63) is 41.0 Å². The van der Waals surface area contributed by atoms with Crippen LogP contribution in [0.25, 0.3) is 0 Å². The molecule has 0 aliphatic carbocycles. The Morgan fingerprint density at radius 3 is 2.43 bits per heavy atom. The number of benzene rings is 1. The van der Waals surface area contributed by atoms with Crippen LogP contribution in [-0.2, 0) is 29.3 Å². The lowest BCUT2D eigenvalue weighted by Crippen LogP contribution is -2.34. The molecule has 0 fully saturated rings. The summed E-state index contributed by atoms with van der Waals surface area (Å²) >= 11 is 0. The van der Waals surface area contributed by atoms with Crippen molar-refractivity contribution in [1.82, 2.24) is 14.9 Å².